The van der Waals surface area contributed by atoms with Crippen LogP contribution in [0.1, 0.15) is 61.9 Å². The number of carbonyl (C=O) groups is 1. The van der Waals surface area contributed by atoms with Gasteiger partial charge >= 0.3 is 0 Å². The number of aryl methyl sites for hydroxylation is 1. The van der Waals surface area contributed by atoms with Gasteiger partial charge in [-0.2, -0.15) is 4.98 Å². The van der Waals surface area contributed by atoms with Crippen molar-refractivity contribution >= 4 is 17.4 Å². The maximum Gasteiger partial charge on any atom is 0.251 e. The Labute approximate surface area is 193 Å². The zero-order chi connectivity index (χ0) is 23.6. The maximum atomic E-state index is 13.1. The third-order valence-corrected chi connectivity index (χ3v) is 5.35. The number of benzene rings is 1. The van der Waals surface area contributed by atoms with Gasteiger partial charge in [0.25, 0.3) is 5.91 Å². The van der Waals surface area contributed by atoms with Crippen LogP contribution >= 0.6 is 0 Å². The van der Waals surface area contributed by atoms with Crippen LogP contribution in [0.5, 0.6) is 5.88 Å². The van der Waals surface area contributed by atoms with Crippen LogP contribution < -0.4 is 15.0 Å². The maximum absolute atomic E-state index is 13.1. The Bertz CT molecular complexity index is 1140. The molecule has 0 radical (unpaired) electrons. The smallest absolute Gasteiger partial charge is 0.251 e. The molecule has 33 heavy (non-hydrogen) atoms. The molecule has 0 unspecified atom stereocenters. The molecular formula is C26H29FN4O2. The van der Waals surface area contributed by atoms with Crippen LogP contribution in [0, 0.1) is 5.82 Å². The first-order chi connectivity index (χ1) is 15.7. The van der Waals surface area contributed by atoms with E-state index in [4.69, 9.17) is 14.7 Å². The average molecular weight is 449 g/mol. The second kappa shape index (κ2) is 9.17. The molecule has 3 aromatic rings. The third-order valence-electron chi connectivity index (χ3n) is 5.35. The molecule has 0 saturated carbocycles. The zero-order valence-electron chi connectivity index (χ0n) is 19.4. The summed E-state index contributed by atoms with van der Waals surface area (Å²) in [7, 11) is 0. The fourth-order valence-electron chi connectivity index (χ4n) is 3.82. The Balaban J connectivity index is 1.53. The lowest BCUT2D eigenvalue weighted by atomic mass is 10.1. The molecule has 6 nitrogen and oxygen atoms in total. The first-order valence-corrected chi connectivity index (χ1v) is 11.2. The third kappa shape index (κ3) is 5.48. The summed E-state index contributed by atoms with van der Waals surface area (Å²) in [5, 5.41) is 2.94. The summed E-state index contributed by atoms with van der Waals surface area (Å²) in [6, 6.07) is 15.0. The molecule has 4 rings (SSSR count). The number of amides is 1. The lowest BCUT2D eigenvalue weighted by molar-refractivity contribution is 0.0939. The number of carbonyl (C=O) groups excluding carboxylic acids is 1. The molecule has 3 heterocycles. The topological polar surface area (TPSA) is 67.4 Å². The Morgan fingerprint density at radius 3 is 2.58 bits per heavy atom. The fraction of sp³-hybridized carbons (Fsp3) is 0.346. The molecule has 1 atom stereocenters. The molecule has 0 aliphatic carbocycles. The normalized spacial score (nSPS) is 14.4. The summed E-state index contributed by atoms with van der Waals surface area (Å²) in [5.74, 6) is 0.785. The largest absolute Gasteiger partial charge is 0.472 e. The average Bonchev–Trinajstić information content (AvgIpc) is 2.77. The van der Waals surface area contributed by atoms with Crippen LogP contribution in [0.15, 0.2) is 54.6 Å². The number of pyridine rings is 2. The molecule has 0 bridgehead atoms. The highest BCUT2D eigenvalue weighted by Crippen LogP contribution is 2.33. The number of aromatic nitrogens is 2. The summed E-state index contributed by atoms with van der Waals surface area (Å²) < 4.78 is 19.1. The monoisotopic (exact) mass is 448 g/mol. The summed E-state index contributed by atoms with van der Waals surface area (Å²) >= 11 is 0. The van der Waals surface area contributed by atoms with Gasteiger partial charge < -0.3 is 15.0 Å². The molecule has 1 aliphatic rings. The number of ether oxygens (including phenoxy) is 1. The molecule has 1 N–H and O–H groups in total. The van der Waals surface area contributed by atoms with E-state index in [1.165, 1.54) is 24.3 Å². The Morgan fingerprint density at radius 1 is 1.09 bits per heavy atom. The number of nitrogens with one attached hydrogen (secondary N) is 1. The number of halogens is 1. The van der Waals surface area contributed by atoms with Crippen molar-refractivity contribution in [2.75, 3.05) is 11.4 Å². The van der Waals surface area contributed by atoms with Crippen molar-refractivity contribution in [1.29, 1.82) is 0 Å². The van der Waals surface area contributed by atoms with Gasteiger partial charge in [0.2, 0.25) is 5.88 Å². The zero-order valence-corrected chi connectivity index (χ0v) is 19.4. The molecule has 1 amide bonds. The molecule has 0 fully saturated rings. The van der Waals surface area contributed by atoms with Crippen molar-refractivity contribution in [2.24, 2.45) is 0 Å². The van der Waals surface area contributed by atoms with E-state index in [-0.39, 0.29) is 23.4 Å². The van der Waals surface area contributed by atoms with Crippen molar-refractivity contribution in [3.63, 3.8) is 0 Å². The van der Waals surface area contributed by atoms with E-state index in [1.54, 1.807) is 0 Å². The van der Waals surface area contributed by atoms with Gasteiger partial charge in [0.1, 0.15) is 17.2 Å². The highest BCUT2D eigenvalue weighted by Gasteiger charge is 2.23. The van der Waals surface area contributed by atoms with Crippen LogP contribution in [0.25, 0.3) is 0 Å². The second-order valence-corrected chi connectivity index (χ2v) is 9.21. The SMILES string of the molecule is C[C@H](NC(=O)c1ccc(F)cc1)c1ccc2c(n1)CCCN2c1cccc(OC(C)(C)C)n1. The van der Waals surface area contributed by atoms with Gasteiger partial charge in [-0.1, -0.05) is 6.07 Å². The quantitative estimate of drug-likeness (QED) is 0.569. The van der Waals surface area contributed by atoms with Crippen LogP contribution in [0.2, 0.25) is 0 Å². The van der Waals surface area contributed by atoms with Crippen molar-refractivity contribution in [3.05, 3.63) is 77.4 Å². The van der Waals surface area contributed by atoms with Crippen molar-refractivity contribution in [2.45, 2.75) is 52.2 Å². The summed E-state index contributed by atoms with van der Waals surface area (Å²) in [6.07, 6.45) is 1.81. The molecule has 2 aromatic heterocycles. The predicted molar refractivity (Wildman–Crippen MR) is 126 cm³/mol. The van der Waals surface area contributed by atoms with E-state index < -0.39 is 0 Å². The molecule has 172 valence electrons. The predicted octanol–water partition coefficient (Wildman–Crippen LogP) is 5.37. The minimum absolute atomic E-state index is 0.261. The Hall–Kier alpha value is -3.48. The molecule has 1 aromatic carbocycles. The van der Waals surface area contributed by atoms with Crippen LogP contribution in [-0.4, -0.2) is 28.0 Å². The lowest BCUT2D eigenvalue weighted by Gasteiger charge is -2.31. The van der Waals surface area contributed by atoms with Gasteiger partial charge in [0.15, 0.2) is 0 Å². The molecular weight excluding hydrogens is 419 g/mol. The minimum Gasteiger partial charge on any atom is -0.472 e. The van der Waals surface area contributed by atoms with E-state index in [9.17, 15) is 9.18 Å². The summed E-state index contributed by atoms with van der Waals surface area (Å²) in [5.41, 5.74) is 2.86. The first kappa shape index (κ1) is 22.7. The van der Waals surface area contributed by atoms with Gasteiger partial charge in [-0.25, -0.2) is 4.39 Å². The minimum atomic E-state index is -0.370. The molecule has 0 saturated heterocycles. The first-order valence-electron chi connectivity index (χ1n) is 11.2. The number of nitrogens with zero attached hydrogens (tertiary/aromatic N) is 3. The van der Waals surface area contributed by atoms with E-state index in [1.807, 2.05) is 58.0 Å². The van der Waals surface area contributed by atoms with Gasteiger partial charge in [0, 0.05) is 18.2 Å². The summed E-state index contributed by atoms with van der Waals surface area (Å²) in [6.45, 7) is 8.74. The van der Waals surface area contributed by atoms with Crippen molar-refractivity contribution in [1.82, 2.24) is 15.3 Å². The molecule has 1 aliphatic heterocycles. The number of fused-ring (bicyclic) bond motifs is 1. The van der Waals surface area contributed by atoms with Crippen LogP contribution in [-0.2, 0) is 6.42 Å². The highest BCUT2D eigenvalue weighted by atomic mass is 19.1. The van der Waals surface area contributed by atoms with Gasteiger partial charge in [-0.05, 0) is 83.0 Å². The van der Waals surface area contributed by atoms with Gasteiger partial charge in [-0.3, -0.25) is 9.78 Å². The van der Waals surface area contributed by atoms with Crippen molar-refractivity contribution < 1.29 is 13.9 Å². The second-order valence-electron chi connectivity index (χ2n) is 9.21. The Kier molecular flexibility index (Phi) is 6.31. The number of anilines is 2. The number of hydrogen-bond acceptors (Lipinski definition) is 5. The summed E-state index contributed by atoms with van der Waals surface area (Å²) in [4.78, 5) is 24.2. The van der Waals surface area contributed by atoms with Crippen LogP contribution in [0.4, 0.5) is 15.9 Å². The van der Waals surface area contributed by atoms with Crippen molar-refractivity contribution in [3.8, 4) is 5.88 Å². The number of rotatable bonds is 5. The molecule has 7 heteroatoms. The van der Waals surface area contributed by atoms with E-state index in [0.29, 0.717) is 11.4 Å². The van der Waals surface area contributed by atoms with E-state index >= 15 is 0 Å². The standard InChI is InChI=1S/C26H29FN4O2/c1-17(28-25(32)18-10-12-19(27)13-11-18)20-14-15-22-21(29-20)7-6-16-31(22)23-8-5-9-24(30-23)33-26(2,3)4/h5,8-15,17H,6-7,16H2,1-4H3,(H,28,32)/t17-/m0/s1. The van der Waals surface area contributed by atoms with Gasteiger partial charge in [0.05, 0.1) is 23.1 Å². The molecule has 0 spiro atoms. The van der Waals surface area contributed by atoms with Gasteiger partial charge in [-0.15, -0.1) is 0 Å². The van der Waals surface area contributed by atoms with E-state index in [2.05, 4.69) is 10.2 Å². The fourth-order valence-corrected chi connectivity index (χ4v) is 3.82. The number of hydrogen-bond donors (Lipinski definition) is 1. The highest BCUT2D eigenvalue weighted by molar-refractivity contribution is 5.94. The van der Waals surface area contributed by atoms with Crippen LogP contribution in [0.3, 0.4) is 0 Å². The van der Waals surface area contributed by atoms with E-state index in [0.717, 1.165) is 42.3 Å². The Morgan fingerprint density at radius 2 is 1.85 bits per heavy atom. The lowest BCUT2D eigenvalue weighted by Crippen LogP contribution is -2.29.